The molecule has 1 aliphatic rings. The van der Waals surface area contributed by atoms with Gasteiger partial charge in [-0.05, 0) is 31.2 Å². The van der Waals surface area contributed by atoms with Crippen LogP contribution in [-0.4, -0.2) is 42.4 Å². The molecule has 0 saturated carbocycles. The van der Waals surface area contributed by atoms with Crippen molar-refractivity contribution in [3.8, 4) is 0 Å². The van der Waals surface area contributed by atoms with Crippen molar-refractivity contribution in [1.29, 1.82) is 5.41 Å². The first kappa shape index (κ1) is 17.4. The normalized spacial score (nSPS) is 19.6. The zero-order valence-electron chi connectivity index (χ0n) is 12.3. The van der Waals surface area contributed by atoms with Gasteiger partial charge in [0.2, 0.25) is 0 Å². The molecule has 0 heterocycles. The van der Waals surface area contributed by atoms with Crippen molar-refractivity contribution >= 4 is 30.0 Å². The first-order chi connectivity index (χ1) is 10.1. The molecule has 21 heavy (non-hydrogen) atoms. The number of hydrogen-bond donors (Lipinski definition) is 3. The maximum absolute atomic E-state index is 12.0. The molecule has 0 bridgehead atoms. The van der Waals surface area contributed by atoms with E-state index in [0.29, 0.717) is 4.90 Å². The van der Waals surface area contributed by atoms with Crippen molar-refractivity contribution in [2.24, 2.45) is 0 Å². The summed E-state index contributed by atoms with van der Waals surface area (Å²) in [6, 6.07) is -1.93. The van der Waals surface area contributed by atoms with Gasteiger partial charge in [-0.25, -0.2) is 9.59 Å². The zero-order chi connectivity index (χ0) is 15.7. The van der Waals surface area contributed by atoms with Crippen LogP contribution in [0.3, 0.4) is 0 Å². The number of hydrogen-bond acceptors (Lipinski definition) is 5. The molecule has 118 valence electrons. The number of nitrogens with one attached hydrogen (secondary N) is 3. The lowest BCUT2D eigenvalue weighted by Gasteiger charge is -2.21. The molecule has 0 saturated heterocycles. The van der Waals surface area contributed by atoms with Crippen LogP contribution in [0.25, 0.3) is 0 Å². The monoisotopic (exact) mass is 314 g/mol. The highest BCUT2D eigenvalue weighted by molar-refractivity contribution is 7.98. The van der Waals surface area contributed by atoms with Gasteiger partial charge in [-0.2, -0.15) is 4.90 Å². The van der Waals surface area contributed by atoms with Gasteiger partial charge in [0, 0.05) is 12.3 Å². The van der Waals surface area contributed by atoms with Crippen LogP contribution in [0.4, 0.5) is 9.59 Å². The van der Waals surface area contributed by atoms with Crippen LogP contribution in [0.15, 0.2) is 12.2 Å². The smallest absolute Gasteiger partial charge is 0.343 e. The van der Waals surface area contributed by atoms with Crippen LogP contribution in [0.5, 0.6) is 0 Å². The standard InChI is InChI=1S/C13H22N4O3S/c1-15-12(18)17(11(14)20-2)13(19)16-21-10-8-6-4-3-5-7-9-10/h6,8,10,14H,3-5,7,9H2,1-2H3,(H,15,18)(H,16,19)/b8-6-,14-11?. The van der Waals surface area contributed by atoms with E-state index in [1.165, 1.54) is 38.9 Å². The van der Waals surface area contributed by atoms with E-state index >= 15 is 0 Å². The summed E-state index contributed by atoms with van der Waals surface area (Å²) < 4.78 is 7.25. The highest BCUT2D eigenvalue weighted by Crippen LogP contribution is 2.20. The second-order valence-corrected chi connectivity index (χ2v) is 5.57. The van der Waals surface area contributed by atoms with Crippen molar-refractivity contribution in [1.82, 2.24) is 14.9 Å². The van der Waals surface area contributed by atoms with Crippen LogP contribution < -0.4 is 10.0 Å². The average Bonchev–Trinajstić information content (AvgIpc) is 2.45. The number of methoxy groups -OCH3 is 1. The third-order valence-electron chi connectivity index (χ3n) is 3.02. The summed E-state index contributed by atoms with van der Waals surface area (Å²) in [5.74, 6) is 0. The quantitative estimate of drug-likeness (QED) is 0.316. The summed E-state index contributed by atoms with van der Waals surface area (Å²) >= 11 is 1.25. The van der Waals surface area contributed by atoms with Crippen molar-refractivity contribution in [3.63, 3.8) is 0 Å². The van der Waals surface area contributed by atoms with Crippen molar-refractivity contribution in [2.45, 2.75) is 37.4 Å². The van der Waals surface area contributed by atoms with E-state index in [1.807, 2.05) is 0 Å². The molecule has 0 spiro atoms. The van der Waals surface area contributed by atoms with Gasteiger partial charge in [-0.1, -0.05) is 25.0 Å². The highest BCUT2D eigenvalue weighted by Gasteiger charge is 2.26. The fraction of sp³-hybridized carbons (Fsp3) is 0.615. The molecule has 4 amide bonds. The van der Waals surface area contributed by atoms with E-state index in [1.54, 1.807) is 0 Å². The first-order valence-corrected chi connectivity index (χ1v) is 7.74. The van der Waals surface area contributed by atoms with Crippen molar-refractivity contribution in [3.05, 3.63) is 12.2 Å². The molecule has 1 unspecified atom stereocenters. The Morgan fingerprint density at radius 3 is 2.76 bits per heavy atom. The number of urea groups is 2. The number of carbonyl (C=O) groups is 2. The molecule has 0 fully saturated rings. The predicted molar refractivity (Wildman–Crippen MR) is 83.2 cm³/mol. The second kappa shape index (κ2) is 9.28. The molecule has 1 atom stereocenters. The largest absolute Gasteiger partial charge is 0.468 e. The molecule has 0 aromatic carbocycles. The van der Waals surface area contributed by atoms with Crippen LogP contribution in [0.1, 0.15) is 32.1 Å². The molecule has 0 radical (unpaired) electrons. The molecule has 1 rings (SSSR count). The Labute approximate surface area is 129 Å². The minimum absolute atomic E-state index is 0.178. The number of ether oxygens (including phenoxy) is 1. The van der Waals surface area contributed by atoms with Gasteiger partial charge >= 0.3 is 18.1 Å². The molecule has 0 aromatic rings. The number of nitrogens with zero attached hydrogens (tertiary/aromatic N) is 1. The average molecular weight is 314 g/mol. The summed E-state index contributed by atoms with van der Waals surface area (Å²) in [5, 5.41) is 9.98. The fourth-order valence-corrected chi connectivity index (χ4v) is 2.70. The topological polar surface area (TPSA) is 94.5 Å². The van der Waals surface area contributed by atoms with Crippen molar-refractivity contribution < 1.29 is 14.3 Å². The lowest BCUT2D eigenvalue weighted by Crippen LogP contribution is -2.49. The Morgan fingerprint density at radius 2 is 2.10 bits per heavy atom. The third kappa shape index (κ3) is 5.66. The molecular weight excluding hydrogens is 292 g/mol. The van der Waals surface area contributed by atoms with E-state index in [4.69, 9.17) is 5.41 Å². The van der Waals surface area contributed by atoms with E-state index in [9.17, 15) is 9.59 Å². The van der Waals surface area contributed by atoms with Gasteiger partial charge in [-0.15, -0.1) is 0 Å². The Hall–Kier alpha value is -1.70. The molecule has 1 aliphatic carbocycles. The van der Waals surface area contributed by atoms with Gasteiger partial charge < -0.3 is 10.1 Å². The van der Waals surface area contributed by atoms with Crippen molar-refractivity contribution in [2.75, 3.05) is 14.2 Å². The Bertz CT molecular complexity index is 398. The highest BCUT2D eigenvalue weighted by atomic mass is 32.2. The first-order valence-electron chi connectivity index (χ1n) is 6.86. The number of allylic oxidation sites excluding steroid dienone is 1. The lowest BCUT2D eigenvalue weighted by molar-refractivity contribution is 0.199. The van der Waals surface area contributed by atoms with E-state index in [2.05, 4.69) is 26.9 Å². The number of imide groups is 1. The van der Waals surface area contributed by atoms with Gasteiger partial charge in [0.05, 0.1) is 7.11 Å². The number of amides is 4. The minimum Gasteiger partial charge on any atom is -0.468 e. The number of amidine groups is 1. The van der Waals surface area contributed by atoms with Gasteiger partial charge in [0.25, 0.3) is 0 Å². The summed E-state index contributed by atoms with van der Waals surface area (Å²) in [5.41, 5.74) is 0. The fourth-order valence-electron chi connectivity index (χ4n) is 1.88. The molecule has 0 aromatic heterocycles. The predicted octanol–water partition coefficient (Wildman–Crippen LogP) is 2.46. The summed E-state index contributed by atoms with van der Waals surface area (Å²) in [4.78, 5) is 24.3. The Balaban J connectivity index is 2.58. The van der Waals surface area contributed by atoms with Crippen LogP contribution in [0.2, 0.25) is 0 Å². The maximum Gasteiger partial charge on any atom is 0.343 e. The Kier molecular flexibility index (Phi) is 7.66. The van der Waals surface area contributed by atoms with Crippen LogP contribution in [-0.2, 0) is 4.74 Å². The SMILES string of the molecule is CNC(=O)N(C(=N)OC)C(=O)NSC1/C=C\CCCCC1. The van der Waals surface area contributed by atoms with E-state index in [-0.39, 0.29) is 5.25 Å². The summed E-state index contributed by atoms with van der Waals surface area (Å²) in [7, 11) is 2.62. The van der Waals surface area contributed by atoms with Crippen LogP contribution in [0, 0.1) is 5.41 Å². The third-order valence-corrected chi connectivity index (χ3v) is 4.01. The zero-order valence-corrected chi connectivity index (χ0v) is 13.2. The van der Waals surface area contributed by atoms with Gasteiger partial charge in [0.15, 0.2) is 0 Å². The Morgan fingerprint density at radius 1 is 1.33 bits per heavy atom. The second-order valence-electron chi connectivity index (χ2n) is 4.53. The summed E-state index contributed by atoms with van der Waals surface area (Å²) in [6.45, 7) is 0. The lowest BCUT2D eigenvalue weighted by atomic mass is 10.1. The molecule has 3 N–H and O–H groups in total. The molecular formula is C13H22N4O3S. The maximum atomic E-state index is 12.0. The number of carbonyl (C=O) groups excluding carboxylic acids is 2. The number of rotatable bonds is 2. The molecule has 8 heteroatoms. The minimum atomic E-state index is -0.715. The van der Waals surface area contributed by atoms with Gasteiger partial charge in [-0.3, -0.25) is 10.1 Å². The summed E-state index contributed by atoms with van der Waals surface area (Å²) in [6.07, 6.45) is 9.74. The van der Waals surface area contributed by atoms with Gasteiger partial charge in [0.1, 0.15) is 0 Å². The molecule has 0 aliphatic heterocycles. The van der Waals surface area contributed by atoms with Crippen LogP contribution >= 0.6 is 11.9 Å². The molecule has 7 nitrogen and oxygen atoms in total. The van der Waals surface area contributed by atoms with E-state index in [0.717, 1.165) is 19.3 Å². The van der Waals surface area contributed by atoms with E-state index < -0.39 is 18.1 Å².